The molecule has 2 nitrogen and oxygen atoms in total. The summed E-state index contributed by atoms with van der Waals surface area (Å²) in [4.78, 5) is 5.08. The molecule has 1 aliphatic rings. The molecule has 274 valence electrons. The van der Waals surface area contributed by atoms with E-state index in [4.69, 9.17) is 4.98 Å². The van der Waals surface area contributed by atoms with Gasteiger partial charge in [-0.1, -0.05) is 206 Å². The summed E-state index contributed by atoms with van der Waals surface area (Å²) in [7, 11) is 0. The Morgan fingerprint density at radius 2 is 0.793 bits per heavy atom. The number of aromatic nitrogens is 1. The Bertz CT molecular complexity index is 2860. The zero-order valence-corrected chi connectivity index (χ0v) is 32.0. The van der Waals surface area contributed by atoms with Gasteiger partial charge in [0.25, 0.3) is 0 Å². The molecule has 2 heterocycles. The lowest BCUT2D eigenvalue weighted by Gasteiger charge is -2.25. The minimum atomic E-state index is 0.0739. The van der Waals surface area contributed by atoms with E-state index in [0.29, 0.717) is 0 Å². The van der Waals surface area contributed by atoms with E-state index in [1.165, 1.54) is 55.3 Å². The van der Waals surface area contributed by atoms with Crippen molar-refractivity contribution in [3.63, 3.8) is 0 Å². The molecule has 0 amide bonds. The summed E-state index contributed by atoms with van der Waals surface area (Å²) in [5.41, 5.74) is 17.2. The van der Waals surface area contributed by atoms with Gasteiger partial charge < -0.3 is 5.32 Å². The molecule has 1 N–H and O–H groups in total. The minimum absolute atomic E-state index is 0.0739. The first-order valence-electron chi connectivity index (χ1n) is 19.9. The Morgan fingerprint density at radius 3 is 1.31 bits per heavy atom. The van der Waals surface area contributed by atoms with E-state index in [2.05, 4.69) is 224 Å². The van der Waals surface area contributed by atoms with Crippen LogP contribution in [-0.4, -0.2) is 4.98 Å². The molecule has 10 rings (SSSR count). The van der Waals surface area contributed by atoms with E-state index in [1.54, 1.807) is 0 Å². The van der Waals surface area contributed by atoms with Gasteiger partial charge in [0.15, 0.2) is 0 Å². The fourth-order valence-corrected chi connectivity index (χ4v) is 8.15. The van der Waals surface area contributed by atoms with Crippen LogP contribution in [0.5, 0.6) is 0 Å². The minimum Gasteiger partial charge on any atom is -0.374 e. The summed E-state index contributed by atoms with van der Waals surface area (Å²) >= 11 is 0. The molecule has 0 spiro atoms. The average molecular weight is 741 g/mol. The van der Waals surface area contributed by atoms with Crippen LogP contribution in [0, 0.1) is 0 Å². The number of benzene rings is 8. The largest absolute Gasteiger partial charge is 0.374 e. The summed E-state index contributed by atoms with van der Waals surface area (Å²) in [6.07, 6.45) is 4.61. The van der Waals surface area contributed by atoms with Gasteiger partial charge in [-0.15, -0.1) is 0 Å². The Kier molecular flexibility index (Phi) is 9.35. The maximum atomic E-state index is 5.08. The van der Waals surface area contributed by atoms with Gasteiger partial charge in [0.2, 0.25) is 0 Å². The highest BCUT2D eigenvalue weighted by Gasteiger charge is 2.19. The number of dihydropyridines is 1. The van der Waals surface area contributed by atoms with Crippen LogP contribution >= 0.6 is 0 Å². The van der Waals surface area contributed by atoms with Gasteiger partial charge >= 0.3 is 0 Å². The SMILES string of the molecule is C1=C(c2ccc(-c3cccc4c(-c5ccc(-c6cc(-c7ccccc7)nc(-c7ccccc7)c6)cc5)cccc34)cc2)C=C(c2ccccc2)NC1c1ccccc1. The lowest BCUT2D eigenvalue weighted by molar-refractivity contribution is 0.767. The number of allylic oxidation sites excluding steroid dienone is 2. The van der Waals surface area contributed by atoms with Crippen LogP contribution in [0.1, 0.15) is 22.7 Å². The van der Waals surface area contributed by atoms with Crippen LogP contribution in [0.2, 0.25) is 0 Å². The van der Waals surface area contributed by atoms with E-state index >= 15 is 0 Å². The quantitative estimate of drug-likeness (QED) is 0.168. The zero-order valence-electron chi connectivity index (χ0n) is 32.0. The summed E-state index contributed by atoms with van der Waals surface area (Å²) in [5.74, 6) is 0. The second-order valence-corrected chi connectivity index (χ2v) is 14.8. The van der Waals surface area contributed by atoms with Gasteiger partial charge in [0.1, 0.15) is 0 Å². The molecular weight excluding hydrogens is 701 g/mol. The third kappa shape index (κ3) is 7.04. The highest BCUT2D eigenvalue weighted by Crippen LogP contribution is 2.38. The van der Waals surface area contributed by atoms with Crippen molar-refractivity contribution in [3.05, 3.63) is 247 Å². The molecule has 0 radical (unpaired) electrons. The number of hydrogen-bond acceptors (Lipinski definition) is 2. The topological polar surface area (TPSA) is 24.9 Å². The summed E-state index contributed by atoms with van der Waals surface area (Å²) < 4.78 is 0. The van der Waals surface area contributed by atoms with Gasteiger partial charge in [0, 0.05) is 16.8 Å². The average Bonchev–Trinajstić information content (AvgIpc) is 3.32. The third-order valence-electron chi connectivity index (χ3n) is 11.1. The smallest absolute Gasteiger partial charge is 0.0715 e. The van der Waals surface area contributed by atoms with E-state index in [-0.39, 0.29) is 6.04 Å². The fraction of sp³-hybridized carbons (Fsp3) is 0.0179. The molecule has 9 aromatic rings. The standard InChI is InChI=1S/C56H40N2/c1-5-15-43(16-6-1)53-35-47(36-54(57-53)44-17-7-2-8-18-44)39-27-31-41(32-28-39)49-23-13-26-52-50(24-14-25-51(49)52)42-33-29-40(30-34-42)48-37-55(45-19-9-3-10-20-45)58-56(38-48)46-21-11-4-12-22-46/h1-38,53,57H. The second kappa shape index (κ2) is 15.5. The molecule has 2 heteroatoms. The molecule has 0 fully saturated rings. The molecule has 1 atom stereocenters. The molecule has 1 unspecified atom stereocenters. The van der Waals surface area contributed by atoms with Gasteiger partial charge in [0.05, 0.1) is 17.4 Å². The Hall–Kier alpha value is -7.55. The highest BCUT2D eigenvalue weighted by atomic mass is 14.9. The third-order valence-corrected chi connectivity index (χ3v) is 11.1. The van der Waals surface area contributed by atoms with Crippen molar-refractivity contribution in [1.82, 2.24) is 10.3 Å². The van der Waals surface area contributed by atoms with Gasteiger partial charge in [-0.2, -0.15) is 0 Å². The zero-order chi connectivity index (χ0) is 38.7. The highest BCUT2D eigenvalue weighted by molar-refractivity contribution is 6.04. The van der Waals surface area contributed by atoms with Crippen LogP contribution in [0.3, 0.4) is 0 Å². The lowest BCUT2D eigenvalue weighted by atomic mass is 9.90. The normalized spacial score (nSPS) is 13.7. The van der Waals surface area contributed by atoms with Crippen molar-refractivity contribution < 1.29 is 0 Å². The van der Waals surface area contributed by atoms with Crippen LogP contribution in [0.25, 0.3) is 77.9 Å². The molecule has 0 bridgehead atoms. The van der Waals surface area contributed by atoms with Gasteiger partial charge in [-0.3, -0.25) is 0 Å². The number of nitrogens with zero attached hydrogens (tertiary/aromatic N) is 1. The van der Waals surface area contributed by atoms with E-state index in [0.717, 1.165) is 39.3 Å². The summed E-state index contributed by atoms with van der Waals surface area (Å²) in [5, 5.41) is 6.25. The van der Waals surface area contributed by atoms with Crippen molar-refractivity contribution in [3.8, 4) is 55.9 Å². The van der Waals surface area contributed by atoms with Crippen LogP contribution < -0.4 is 5.32 Å². The predicted octanol–water partition coefficient (Wildman–Crippen LogP) is 14.3. The number of hydrogen-bond donors (Lipinski definition) is 1. The Balaban J connectivity index is 0.970. The van der Waals surface area contributed by atoms with Gasteiger partial charge in [-0.05, 0) is 90.7 Å². The molecule has 1 aromatic heterocycles. The van der Waals surface area contributed by atoms with Crippen LogP contribution in [0.4, 0.5) is 0 Å². The first-order valence-corrected chi connectivity index (χ1v) is 19.9. The maximum absolute atomic E-state index is 5.08. The number of nitrogens with one attached hydrogen (secondary N) is 1. The molecule has 58 heavy (non-hydrogen) atoms. The van der Waals surface area contributed by atoms with Crippen molar-refractivity contribution in [2.45, 2.75) is 6.04 Å². The lowest BCUT2D eigenvalue weighted by Crippen LogP contribution is -2.21. The molecular formula is C56H40N2. The summed E-state index contributed by atoms with van der Waals surface area (Å²) in [6, 6.07) is 78.0. The number of pyridine rings is 1. The van der Waals surface area contributed by atoms with Gasteiger partial charge in [-0.25, -0.2) is 4.98 Å². The first kappa shape index (κ1) is 34.9. The van der Waals surface area contributed by atoms with Crippen molar-refractivity contribution in [1.29, 1.82) is 0 Å². The monoisotopic (exact) mass is 740 g/mol. The molecule has 0 saturated heterocycles. The Morgan fingerprint density at radius 1 is 0.345 bits per heavy atom. The molecule has 1 aliphatic heterocycles. The fourth-order valence-electron chi connectivity index (χ4n) is 8.15. The molecule has 0 saturated carbocycles. The number of fused-ring (bicyclic) bond motifs is 1. The van der Waals surface area contributed by atoms with Crippen LogP contribution in [-0.2, 0) is 0 Å². The van der Waals surface area contributed by atoms with E-state index < -0.39 is 0 Å². The maximum Gasteiger partial charge on any atom is 0.0715 e. The second-order valence-electron chi connectivity index (χ2n) is 14.8. The van der Waals surface area contributed by atoms with Crippen molar-refractivity contribution in [2.24, 2.45) is 0 Å². The summed E-state index contributed by atoms with van der Waals surface area (Å²) in [6.45, 7) is 0. The van der Waals surface area contributed by atoms with E-state index in [1.807, 2.05) is 12.1 Å². The number of rotatable bonds is 8. The van der Waals surface area contributed by atoms with Crippen LogP contribution in [0.15, 0.2) is 231 Å². The Labute approximate surface area is 340 Å². The van der Waals surface area contributed by atoms with Crippen molar-refractivity contribution in [2.75, 3.05) is 0 Å². The van der Waals surface area contributed by atoms with Crippen molar-refractivity contribution >= 4 is 22.0 Å². The molecule has 0 aliphatic carbocycles. The first-order chi connectivity index (χ1) is 28.7. The molecule has 8 aromatic carbocycles. The predicted molar refractivity (Wildman–Crippen MR) is 244 cm³/mol. The van der Waals surface area contributed by atoms with E-state index in [9.17, 15) is 0 Å².